The minimum atomic E-state index is -0.684. The topological polar surface area (TPSA) is 86.6 Å². The molecule has 1 N–H and O–H groups in total. The van der Waals surface area contributed by atoms with Crippen LogP contribution in [0.4, 0.5) is 0 Å². The monoisotopic (exact) mass is 291 g/mol. The van der Waals surface area contributed by atoms with E-state index in [0.717, 1.165) is 0 Å². The standard InChI is InChI=1S/C12H6ClN3O2S/c13-7-3-1-6(2-4-7)9-8(5-14)11(17)16-10(15-9)12(18)19/h1-4H,(H,18,19)(H,15,16,17). The van der Waals surface area contributed by atoms with E-state index in [1.807, 2.05) is 0 Å². The van der Waals surface area contributed by atoms with Crippen molar-refractivity contribution in [3.63, 3.8) is 0 Å². The first-order valence-corrected chi connectivity index (χ1v) is 5.89. The zero-order valence-electron chi connectivity index (χ0n) is 9.35. The quantitative estimate of drug-likeness (QED) is 0.829. The second kappa shape index (κ2) is 5.26. The van der Waals surface area contributed by atoms with E-state index in [1.165, 1.54) is 0 Å². The molecule has 0 amide bonds. The first-order valence-electron chi connectivity index (χ1n) is 5.06. The van der Waals surface area contributed by atoms with Crippen LogP contribution in [0.25, 0.3) is 11.3 Å². The molecule has 0 fully saturated rings. The fourth-order valence-corrected chi connectivity index (χ4v) is 1.73. The highest BCUT2D eigenvalue weighted by Gasteiger charge is 2.15. The van der Waals surface area contributed by atoms with Crippen LogP contribution < -0.4 is 5.56 Å². The van der Waals surface area contributed by atoms with Gasteiger partial charge in [-0.3, -0.25) is 9.59 Å². The Kier molecular flexibility index (Phi) is 3.69. The van der Waals surface area contributed by atoms with E-state index >= 15 is 0 Å². The third kappa shape index (κ3) is 2.67. The Morgan fingerprint density at radius 2 is 2.00 bits per heavy atom. The van der Waals surface area contributed by atoms with Gasteiger partial charge in [0.1, 0.15) is 11.6 Å². The molecular weight excluding hydrogens is 286 g/mol. The fourth-order valence-electron chi connectivity index (χ4n) is 1.49. The van der Waals surface area contributed by atoms with Gasteiger partial charge in [0.05, 0.1) is 5.69 Å². The fraction of sp³-hybridized carbons (Fsp3) is 0. The number of carbonyl (C=O) groups excluding carboxylic acids is 1. The van der Waals surface area contributed by atoms with Gasteiger partial charge in [0.25, 0.3) is 10.7 Å². The number of benzene rings is 1. The molecular formula is C12H6ClN3O2S. The van der Waals surface area contributed by atoms with Crippen LogP contribution in [0.3, 0.4) is 0 Å². The van der Waals surface area contributed by atoms with Crippen molar-refractivity contribution in [3.05, 3.63) is 51.0 Å². The third-order valence-electron chi connectivity index (χ3n) is 2.35. The van der Waals surface area contributed by atoms with Gasteiger partial charge in [-0.25, -0.2) is 4.98 Å². The van der Waals surface area contributed by atoms with E-state index in [1.54, 1.807) is 30.3 Å². The van der Waals surface area contributed by atoms with Gasteiger partial charge in [0.2, 0.25) is 0 Å². The van der Waals surface area contributed by atoms with Gasteiger partial charge in [-0.2, -0.15) is 5.26 Å². The third-order valence-corrected chi connectivity index (χ3v) is 2.82. The maximum atomic E-state index is 11.7. The summed E-state index contributed by atoms with van der Waals surface area (Å²) in [6, 6.07) is 8.19. The van der Waals surface area contributed by atoms with Crippen molar-refractivity contribution >= 4 is 29.3 Å². The number of rotatable bonds is 2. The predicted octanol–water partition coefficient (Wildman–Crippen LogP) is 2.03. The van der Waals surface area contributed by atoms with E-state index in [2.05, 4.69) is 22.6 Å². The number of carbonyl (C=O) groups is 1. The smallest absolute Gasteiger partial charge is 0.269 e. The summed E-state index contributed by atoms with van der Waals surface area (Å²) in [7, 11) is 0. The average molecular weight is 292 g/mol. The molecule has 5 nitrogen and oxygen atoms in total. The summed E-state index contributed by atoms with van der Waals surface area (Å²) < 4.78 is 0. The average Bonchev–Trinajstić information content (AvgIpc) is 2.38. The Bertz CT molecular complexity index is 747. The molecule has 0 aliphatic carbocycles. The Morgan fingerprint density at radius 3 is 2.53 bits per heavy atom. The number of aromatic nitrogens is 2. The van der Waals surface area contributed by atoms with Gasteiger partial charge in [0.15, 0.2) is 5.82 Å². The first kappa shape index (κ1) is 13.3. The molecule has 0 atom stereocenters. The number of nitriles is 1. The lowest BCUT2D eigenvalue weighted by atomic mass is 10.1. The molecule has 19 heavy (non-hydrogen) atoms. The molecule has 0 unspecified atom stereocenters. The molecule has 0 bridgehead atoms. The molecule has 0 saturated carbocycles. The van der Waals surface area contributed by atoms with E-state index < -0.39 is 10.7 Å². The van der Waals surface area contributed by atoms with E-state index in [4.69, 9.17) is 16.9 Å². The summed E-state index contributed by atoms with van der Waals surface area (Å²) in [5.41, 5.74) is -0.205. The van der Waals surface area contributed by atoms with Crippen LogP contribution in [0.5, 0.6) is 0 Å². The van der Waals surface area contributed by atoms with Crippen molar-refractivity contribution in [3.8, 4) is 17.3 Å². The van der Waals surface area contributed by atoms with Gasteiger partial charge in [0, 0.05) is 10.6 Å². The maximum Gasteiger partial charge on any atom is 0.269 e. The van der Waals surface area contributed by atoms with Gasteiger partial charge in [-0.05, 0) is 12.1 Å². The number of hydrogen-bond donors (Lipinski definition) is 2. The lowest BCUT2D eigenvalue weighted by Gasteiger charge is -2.04. The Balaban J connectivity index is 2.74. The summed E-state index contributed by atoms with van der Waals surface area (Å²) in [5.74, 6) is -0.211. The van der Waals surface area contributed by atoms with Crippen molar-refractivity contribution in [2.45, 2.75) is 0 Å². The molecule has 2 aromatic rings. The summed E-state index contributed by atoms with van der Waals surface area (Å²) >= 11 is 9.37. The SMILES string of the molecule is N#Cc1c(-c2ccc(Cl)cc2)nc(C(=O)S)[nH]c1=O. The van der Waals surface area contributed by atoms with Crippen LogP contribution in [-0.4, -0.2) is 15.1 Å². The number of aromatic amines is 1. The highest BCUT2D eigenvalue weighted by Crippen LogP contribution is 2.21. The zero-order valence-corrected chi connectivity index (χ0v) is 11.0. The lowest BCUT2D eigenvalue weighted by molar-refractivity contribution is 0.108. The lowest BCUT2D eigenvalue weighted by Crippen LogP contribution is -2.18. The Hall–Kier alpha value is -2.10. The van der Waals surface area contributed by atoms with Crippen LogP contribution in [0.1, 0.15) is 16.2 Å². The van der Waals surface area contributed by atoms with Crippen molar-refractivity contribution in [2.24, 2.45) is 0 Å². The predicted molar refractivity (Wildman–Crippen MR) is 73.3 cm³/mol. The van der Waals surface area contributed by atoms with Gasteiger partial charge in [-0.15, -0.1) is 0 Å². The van der Waals surface area contributed by atoms with E-state index in [-0.39, 0.29) is 17.1 Å². The molecule has 7 heteroatoms. The molecule has 0 spiro atoms. The van der Waals surface area contributed by atoms with E-state index in [9.17, 15) is 9.59 Å². The summed E-state index contributed by atoms with van der Waals surface area (Å²) in [6.45, 7) is 0. The highest BCUT2D eigenvalue weighted by atomic mass is 35.5. The summed E-state index contributed by atoms with van der Waals surface area (Å²) in [4.78, 5) is 29.0. The van der Waals surface area contributed by atoms with Crippen LogP contribution in [0.2, 0.25) is 5.02 Å². The number of nitrogens with one attached hydrogen (secondary N) is 1. The van der Waals surface area contributed by atoms with Gasteiger partial charge in [-0.1, -0.05) is 36.4 Å². The Labute approximate surface area is 118 Å². The molecule has 94 valence electrons. The number of thiol groups is 1. The first-order chi connectivity index (χ1) is 9.02. The van der Waals surface area contributed by atoms with Crippen LogP contribution in [0.15, 0.2) is 29.1 Å². The largest absolute Gasteiger partial charge is 0.302 e. The van der Waals surface area contributed by atoms with Crippen LogP contribution in [0, 0.1) is 11.3 Å². The van der Waals surface area contributed by atoms with Crippen molar-refractivity contribution < 1.29 is 4.79 Å². The molecule has 1 aromatic heterocycles. The minimum absolute atomic E-state index is 0.125. The molecule has 1 aromatic carbocycles. The number of halogens is 1. The highest BCUT2D eigenvalue weighted by molar-refractivity contribution is 7.97. The van der Waals surface area contributed by atoms with Crippen LogP contribution in [-0.2, 0) is 0 Å². The zero-order chi connectivity index (χ0) is 14.0. The molecule has 0 radical (unpaired) electrons. The van der Waals surface area contributed by atoms with Crippen molar-refractivity contribution in [1.82, 2.24) is 9.97 Å². The maximum absolute atomic E-state index is 11.7. The second-order valence-electron chi connectivity index (χ2n) is 3.56. The van der Waals surface area contributed by atoms with Crippen molar-refractivity contribution in [1.29, 1.82) is 5.26 Å². The number of nitrogens with zero attached hydrogens (tertiary/aromatic N) is 2. The summed E-state index contributed by atoms with van der Waals surface area (Å²) in [6.07, 6.45) is 0. The van der Waals surface area contributed by atoms with E-state index in [0.29, 0.717) is 10.6 Å². The van der Waals surface area contributed by atoms with Gasteiger partial charge >= 0.3 is 0 Å². The number of H-pyrrole nitrogens is 1. The normalized spacial score (nSPS) is 9.95. The Morgan fingerprint density at radius 1 is 1.37 bits per heavy atom. The van der Waals surface area contributed by atoms with Crippen LogP contribution >= 0.6 is 24.2 Å². The molecule has 2 rings (SSSR count). The second-order valence-corrected chi connectivity index (χ2v) is 4.40. The summed E-state index contributed by atoms with van der Waals surface area (Å²) in [5, 5.41) is 8.83. The molecule has 0 aliphatic rings. The molecule has 0 aliphatic heterocycles. The number of hydrogen-bond acceptors (Lipinski definition) is 4. The molecule has 1 heterocycles. The molecule has 0 saturated heterocycles. The van der Waals surface area contributed by atoms with Crippen molar-refractivity contribution in [2.75, 3.05) is 0 Å². The van der Waals surface area contributed by atoms with Gasteiger partial charge < -0.3 is 4.98 Å². The minimum Gasteiger partial charge on any atom is -0.302 e.